The SMILES string of the molecule is Cc1c(C)c(O)n(CCc2ccc(O)c(O)c2)c1O. The van der Waals surface area contributed by atoms with Crippen LogP contribution >= 0.6 is 0 Å². The lowest BCUT2D eigenvalue weighted by molar-refractivity contribution is 0.366. The normalized spacial score (nSPS) is 10.8. The molecule has 0 aliphatic heterocycles. The number of aryl methyl sites for hydroxylation is 1. The smallest absolute Gasteiger partial charge is 0.197 e. The molecule has 1 aromatic heterocycles. The first-order valence-electron chi connectivity index (χ1n) is 6.00. The van der Waals surface area contributed by atoms with Crippen LogP contribution in [0.1, 0.15) is 16.7 Å². The minimum Gasteiger partial charge on any atom is -0.504 e. The molecule has 5 nitrogen and oxygen atoms in total. The molecule has 1 aromatic carbocycles. The van der Waals surface area contributed by atoms with E-state index < -0.39 is 0 Å². The molecule has 0 spiro atoms. The molecule has 1 heterocycles. The molecule has 0 bridgehead atoms. The number of aromatic nitrogens is 1. The Labute approximate surface area is 111 Å². The molecule has 102 valence electrons. The van der Waals surface area contributed by atoms with Gasteiger partial charge in [-0.1, -0.05) is 6.07 Å². The number of benzene rings is 1. The van der Waals surface area contributed by atoms with Crippen LogP contribution in [0.15, 0.2) is 18.2 Å². The molecule has 0 aliphatic rings. The summed E-state index contributed by atoms with van der Waals surface area (Å²) in [5.41, 5.74) is 2.12. The lowest BCUT2D eigenvalue weighted by Gasteiger charge is -2.08. The Balaban J connectivity index is 2.19. The van der Waals surface area contributed by atoms with Gasteiger partial charge in [0, 0.05) is 17.7 Å². The summed E-state index contributed by atoms with van der Waals surface area (Å²) >= 11 is 0. The van der Waals surface area contributed by atoms with Crippen LogP contribution in [-0.4, -0.2) is 25.0 Å². The number of aromatic hydroxyl groups is 4. The van der Waals surface area contributed by atoms with Gasteiger partial charge in [0.25, 0.3) is 0 Å². The molecular weight excluding hydrogens is 246 g/mol. The highest BCUT2D eigenvalue weighted by Crippen LogP contribution is 2.32. The van der Waals surface area contributed by atoms with Crippen molar-refractivity contribution in [3.8, 4) is 23.3 Å². The molecule has 0 atom stereocenters. The van der Waals surface area contributed by atoms with Crippen molar-refractivity contribution >= 4 is 0 Å². The van der Waals surface area contributed by atoms with Gasteiger partial charge < -0.3 is 20.4 Å². The van der Waals surface area contributed by atoms with Gasteiger partial charge >= 0.3 is 0 Å². The Kier molecular flexibility index (Phi) is 3.29. The minimum absolute atomic E-state index is 0.0537. The van der Waals surface area contributed by atoms with Crippen LogP contribution in [-0.2, 0) is 13.0 Å². The third kappa shape index (κ3) is 2.31. The van der Waals surface area contributed by atoms with Gasteiger partial charge in [-0.25, -0.2) is 0 Å². The topological polar surface area (TPSA) is 85.9 Å². The number of phenols is 2. The molecule has 0 amide bonds. The van der Waals surface area contributed by atoms with Crippen molar-refractivity contribution in [1.29, 1.82) is 0 Å². The van der Waals surface area contributed by atoms with Crippen molar-refractivity contribution in [2.24, 2.45) is 0 Å². The number of hydrogen-bond acceptors (Lipinski definition) is 4. The molecule has 0 fully saturated rings. The average molecular weight is 263 g/mol. The van der Waals surface area contributed by atoms with Gasteiger partial charge in [-0.15, -0.1) is 0 Å². The van der Waals surface area contributed by atoms with Gasteiger partial charge in [0.2, 0.25) is 0 Å². The Bertz CT molecular complexity index is 591. The van der Waals surface area contributed by atoms with Crippen molar-refractivity contribution in [2.75, 3.05) is 0 Å². The van der Waals surface area contributed by atoms with Crippen LogP contribution in [0.4, 0.5) is 0 Å². The van der Waals surface area contributed by atoms with Crippen molar-refractivity contribution in [2.45, 2.75) is 26.8 Å². The molecule has 0 radical (unpaired) electrons. The van der Waals surface area contributed by atoms with E-state index in [1.165, 1.54) is 16.7 Å². The molecule has 0 saturated heterocycles. The summed E-state index contributed by atoms with van der Waals surface area (Å²) in [5.74, 6) is -0.232. The van der Waals surface area contributed by atoms with Crippen molar-refractivity contribution < 1.29 is 20.4 Å². The quantitative estimate of drug-likeness (QED) is 0.639. The third-order valence-corrected chi connectivity index (χ3v) is 3.41. The summed E-state index contributed by atoms with van der Waals surface area (Å²) < 4.78 is 1.43. The highest BCUT2D eigenvalue weighted by molar-refractivity contribution is 5.44. The Morgan fingerprint density at radius 3 is 2.00 bits per heavy atom. The number of hydrogen-bond donors (Lipinski definition) is 4. The molecule has 0 unspecified atom stereocenters. The van der Waals surface area contributed by atoms with Crippen LogP contribution in [0.5, 0.6) is 23.3 Å². The molecular formula is C14H17NO4. The maximum atomic E-state index is 9.89. The summed E-state index contributed by atoms with van der Waals surface area (Å²) in [6.07, 6.45) is 0.516. The van der Waals surface area contributed by atoms with E-state index in [1.54, 1.807) is 19.9 Å². The van der Waals surface area contributed by atoms with Gasteiger partial charge in [-0.05, 0) is 38.0 Å². The van der Waals surface area contributed by atoms with Crippen LogP contribution in [0.25, 0.3) is 0 Å². The zero-order chi connectivity index (χ0) is 14.2. The van der Waals surface area contributed by atoms with E-state index in [1.807, 2.05) is 0 Å². The van der Waals surface area contributed by atoms with Crippen LogP contribution < -0.4 is 0 Å². The second-order valence-electron chi connectivity index (χ2n) is 4.62. The van der Waals surface area contributed by atoms with Gasteiger partial charge in [-0.2, -0.15) is 0 Å². The largest absolute Gasteiger partial charge is 0.504 e. The first-order chi connectivity index (χ1) is 8.91. The standard InChI is InChI=1S/C14H17NO4/c1-8-9(2)14(19)15(13(8)18)6-5-10-3-4-11(16)12(17)7-10/h3-4,7,16-19H,5-6H2,1-2H3. The Morgan fingerprint density at radius 1 is 0.895 bits per heavy atom. The van der Waals surface area contributed by atoms with Crippen LogP contribution in [0, 0.1) is 13.8 Å². The highest BCUT2D eigenvalue weighted by atomic mass is 16.3. The lowest BCUT2D eigenvalue weighted by atomic mass is 10.1. The summed E-state index contributed by atoms with van der Waals surface area (Å²) in [5, 5.41) is 38.4. The fourth-order valence-corrected chi connectivity index (χ4v) is 2.02. The second-order valence-corrected chi connectivity index (χ2v) is 4.62. The maximum Gasteiger partial charge on any atom is 0.197 e. The summed E-state index contributed by atoms with van der Waals surface area (Å²) in [6, 6.07) is 4.57. The van der Waals surface area contributed by atoms with Gasteiger partial charge in [0.1, 0.15) is 0 Å². The van der Waals surface area contributed by atoms with Gasteiger partial charge in [0.05, 0.1) is 0 Å². The average Bonchev–Trinajstić information content (AvgIpc) is 2.56. The molecule has 0 saturated carbocycles. The van der Waals surface area contributed by atoms with E-state index >= 15 is 0 Å². The van der Waals surface area contributed by atoms with E-state index in [0.29, 0.717) is 24.1 Å². The highest BCUT2D eigenvalue weighted by Gasteiger charge is 2.15. The van der Waals surface area contributed by atoms with E-state index in [4.69, 9.17) is 0 Å². The predicted octanol–water partition coefficient (Wildman–Crippen LogP) is 2.17. The van der Waals surface area contributed by atoms with Crippen molar-refractivity contribution in [3.63, 3.8) is 0 Å². The van der Waals surface area contributed by atoms with Crippen LogP contribution in [0.3, 0.4) is 0 Å². The van der Waals surface area contributed by atoms with Gasteiger partial charge in [0.15, 0.2) is 23.3 Å². The van der Waals surface area contributed by atoms with E-state index in [-0.39, 0.29) is 23.3 Å². The van der Waals surface area contributed by atoms with Gasteiger partial charge in [-0.3, -0.25) is 4.57 Å². The molecule has 19 heavy (non-hydrogen) atoms. The molecule has 2 aromatic rings. The summed E-state index contributed by atoms with van der Waals surface area (Å²) in [4.78, 5) is 0. The predicted molar refractivity (Wildman–Crippen MR) is 70.7 cm³/mol. The first kappa shape index (κ1) is 13.1. The van der Waals surface area contributed by atoms with Crippen LogP contribution in [0.2, 0.25) is 0 Å². The zero-order valence-corrected chi connectivity index (χ0v) is 10.9. The lowest BCUT2D eigenvalue weighted by Crippen LogP contribution is -2.00. The first-order valence-corrected chi connectivity index (χ1v) is 6.00. The van der Waals surface area contributed by atoms with E-state index in [0.717, 1.165) is 5.56 Å². The minimum atomic E-state index is -0.175. The second kappa shape index (κ2) is 4.76. The van der Waals surface area contributed by atoms with Crippen molar-refractivity contribution in [1.82, 2.24) is 4.57 Å². The zero-order valence-electron chi connectivity index (χ0n) is 10.9. The van der Waals surface area contributed by atoms with E-state index in [9.17, 15) is 20.4 Å². The number of nitrogens with zero attached hydrogens (tertiary/aromatic N) is 1. The van der Waals surface area contributed by atoms with E-state index in [2.05, 4.69) is 0 Å². The molecule has 2 rings (SSSR count). The fourth-order valence-electron chi connectivity index (χ4n) is 2.02. The monoisotopic (exact) mass is 263 g/mol. The van der Waals surface area contributed by atoms with Crippen molar-refractivity contribution in [3.05, 3.63) is 34.9 Å². The Morgan fingerprint density at radius 2 is 1.47 bits per heavy atom. The summed E-state index contributed by atoms with van der Waals surface area (Å²) in [7, 11) is 0. The molecule has 0 aliphatic carbocycles. The fraction of sp³-hybridized carbons (Fsp3) is 0.286. The number of phenolic OH excluding ortho intramolecular Hbond substituents is 2. The third-order valence-electron chi connectivity index (χ3n) is 3.41. The number of rotatable bonds is 3. The molecule has 4 N–H and O–H groups in total. The Hall–Kier alpha value is -2.30. The molecule has 5 heteroatoms. The summed E-state index contributed by atoms with van der Waals surface area (Å²) in [6.45, 7) is 3.87. The maximum absolute atomic E-state index is 9.89.